The third-order valence-corrected chi connectivity index (χ3v) is 3.55. The predicted molar refractivity (Wildman–Crippen MR) is 60.9 cm³/mol. The predicted octanol–water partition coefficient (Wildman–Crippen LogP) is 2.15. The second kappa shape index (κ2) is 3.95. The summed E-state index contributed by atoms with van der Waals surface area (Å²) >= 11 is 0. The number of carbonyl (C=O) groups excluding carboxylic acids is 1. The second-order valence-corrected chi connectivity index (χ2v) is 4.53. The molecule has 0 aromatic carbocycles. The molecule has 1 amide bonds. The lowest BCUT2D eigenvalue weighted by molar-refractivity contribution is 0.0684. The molecule has 4 heteroatoms. The number of hydrogen-bond acceptors (Lipinski definition) is 2. The number of halogens is 1. The minimum absolute atomic E-state index is 0.132. The van der Waals surface area contributed by atoms with E-state index in [1.165, 1.54) is 12.3 Å². The lowest BCUT2D eigenvalue weighted by Gasteiger charge is -2.31. The molecule has 0 N–H and O–H groups in total. The van der Waals surface area contributed by atoms with Crippen LogP contribution in [0.2, 0.25) is 0 Å². The Hall–Kier alpha value is -1.71. The monoisotopic (exact) mass is 232 g/mol. The van der Waals surface area contributed by atoms with Gasteiger partial charge in [-0.15, -0.1) is 0 Å². The zero-order chi connectivity index (χ0) is 11.8. The van der Waals surface area contributed by atoms with E-state index in [0.29, 0.717) is 0 Å². The van der Waals surface area contributed by atoms with E-state index < -0.39 is 5.82 Å². The molecule has 17 heavy (non-hydrogen) atoms. The van der Waals surface area contributed by atoms with E-state index in [4.69, 9.17) is 0 Å². The van der Waals surface area contributed by atoms with Gasteiger partial charge in [-0.3, -0.25) is 9.78 Å². The van der Waals surface area contributed by atoms with Gasteiger partial charge in [0, 0.05) is 12.2 Å². The summed E-state index contributed by atoms with van der Waals surface area (Å²) < 4.78 is 13.5. The van der Waals surface area contributed by atoms with Crippen molar-refractivity contribution in [1.29, 1.82) is 0 Å². The molecule has 1 fully saturated rings. The van der Waals surface area contributed by atoms with Crippen LogP contribution < -0.4 is 0 Å². The highest BCUT2D eigenvalue weighted by Gasteiger charge is 2.38. The average molecular weight is 232 g/mol. The Balaban J connectivity index is 1.93. The first kappa shape index (κ1) is 10.4. The van der Waals surface area contributed by atoms with Crippen molar-refractivity contribution in [2.24, 2.45) is 0 Å². The molecule has 1 aromatic heterocycles. The van der Waals surface area contributed by atoms with Crippen molar-refractivity contribution in [2.75, 3.05) is 0 Å². The number of aromatic nitrogens is 1. The van der Waals surface area contributed by atoms with Gasteiger partial charge in [0.2, 0.25) is 0 Å². The Morgan fingerprint density at radius 1 is 1.47 bits per heavy atom. The van der Waals surface area contributed by atoms with Crippen LogP contribution >= 0.6 is 0 Å². The standard InChI is InChI=1S/C13H13FN2O/c14-12-8-15-7-6-11(12)13(17)16-9-2-1-3-10(16)5-4-9/h1-2,6-10H,3-5H2. The lowest BCUT2D eigenvalue weighted by atomic mass is 10.1. The van der Waals surface area contributed by atoms with Crippen LogP contribution in [0, 0.1) is 5.82 Å². The third kappa shape index (κ3) is 1.64. The molecular weight excluding hydrogens is 219 g/mol. The molecule has 2 bridgehead atoms. The number of nitrogens with zero attached hydrogens (tertiary/aromatic N) is 2. The molecule has 88 valence electrons. The maximum atomic E-state index is 13.5. The van der Waals surface area contributed by atoms with Crippen LogP contribution in [0.1, 0.15) is 29.6 Å². The number of rotatable bonds is 1. The largest absolute Gasteiger partial charge is 0.329 e. The smallest absolute Gasteiger partial charge is 0.257 e. The molecule has 3 nitrogen and oxygen atoms in total. The van der Waals surface area contributed by atoms with E-state index in [9.17, 15) is 9.18 Å². The first-order valence-corrected chi connectivity index (χ1v) is 5.86. The Kier molecular flexibility index (Phi) is 2.42. The van der Waals surface area contributed by atoms with Crippen LogP contribution in [-0.4, -0.2) is 27.9 Å². The van der Waals surface area contributed by atoms with Crippen molar-refractivity contribution in [3.05, 3.63) is 42.0 Å². The van der Waals surface area contributed by atoms with Gasteiger partial charge >= 0.3 is 0 Å². The molecule has 0 radical (unpaired) electrons. The van der Waals surface area contributed by atoms with Crippen LogP contribution in [0.5, 0.6) is 0 Å². The van der Waals surface area contributed by atoms with Crippen molar-refractivity contribution in [3.63, 3.8) is 0 Å². The van der Waals surface area contributed by atoms with Gasteiger partial charge in [-0.2, -0.15) is 0 Å². The average Bonchev–Trinajstić information content (AvgIpc) is 2.59. The van der Waals surface area contributed by atoms with Crippen LogP contribution in [0.15, 0.2) is 30.6 Å². The summed E-state index contributed by atoms with van der Waals surface area (Å²) in [6.45, 7) is 0. The zero-order valence-corrected chi connectivity index (χ0v) is 9.34. The van der Waals surface area contributed by atoms with E-state index in [1.54, 1.807) is 0 Å². The quantitative estimate of drug-likeness (QED) is 0.695. The number of pyridine rings is 1. The van der Waals surface area contributed by atoms with Crippen molar-refractivity contribution in [3.8, 4) is 0 Å². The van der Waals surface area contributed by atoms with E-state index in [-0.39, 0.29) is 23.6 Å². The zero-order valence-electron chi connectivity index (χ0n) is 9.34. The number of hydrogen-bond donors (Lipinski definition) is 0. The highest BCUT2D eigenvalue weighted by molar-refractivity contribution is 5.95. The molecule has 3 heterocycles. The van der Waals surface area contributed by atoms with Crippen molar-refractivity contribution < 1.29 is 9.18 Å². The molecule has 0 aliphatic carbocycles. The highest BCUT2D eigenvalue weighted by Crippen LogP contribution is 2.32. The fourth-order valence-corrected chi connectivity index (χ4v) is 2.73. The molecule has 2 aliphatic rings. The summed E-state index contributed by atoms with van der Waals surface area (Å²) in [5.74, 6) is -0.742. The van der Waals surface area contributed by atoms with E-state index in [0.717, 1.165) is 25.5 Å². The normalized spacial score (nSPS) is 26.3. The summed E-state index contributed by atoms with van der Waals surface area (Å²) in [5, 5.41) is 0. The summed E-state index contributed by atoms with van der Waals surface area (Å²) in [6.07, 6.45) is 9.60. The van der Waals surface area contributed by atoms with E-state index in [1.807, 2.05) is 4.90 Å². The fraction of sp³-hybridized carbons (Fsp3) is 0.385. The third-order valence-electron chi connectivity index (χ3n) is 3.55. The van der Waals surface area contributed by atoms with Gasteiger partial charge in [-0.25, -0.2) is 4.39 Å². The first-order chi connectivity index (χ1) is 8.27. The van der Waals surface area contributed by atoms with Crippen LogP contribution in [-0.2, 0) is 0 Å². The summed E-state index contributed by atoms with van der Waals surface area (Å²) in [4.78, 5) is 17.8. The molecule has 1 aromatic rings. The van der Waals surface area contributed by atoms with Crippen LogP contribution in [0.3, 0.4) is 0 Å². The van der Waals surface area contributed by atoms with E-state index in [2.05, 4.69) is 17.1 Å². The highest BCUT2D eigenvalue weighted by atomic mass is 19.1. The van der Waals surface area contributed by atoms with Gasteiger partial charge in [-0.1, -0.05) is 12.2 Å². The van der Waals surface area contributed by atoms with Gasteiger partial charge in [-0.05, 0) is 25.3 Å². The van der Waals surface area contributed by atoms with Gasteiger partial charge in [0.15, 0.2) is 5.82 Å². The van der Waals surface area contributed by atoms with Crippen molar-refractivity contribution in [2.45, 2.75) is 31.3 Å². The summed E-state index contributed by atoms with van der Waals surface area (Å²) in [6, 6.07) is 1.84. The summed E-state index contributed by atoms with van der Waals surface area (Å²) in [5.41, 5.74) is 0.132. The number of fused-ring (bicyclic) bond motifs is 2. The maximum absolute atomic E-state index is 13.5. The molecule has 2 aliphatic heterocycles. The molecule has 0 saturated carbocycles. The minimum Gasteiger partial charge on any atom is -0.329 e. The number of carbonyl (C=O) groups is 1. The van der Waals surface area contributed by atoms with Gasteiger partial charge in [0.25, 0.3) is 5.91 Å². The molecule has 1 saturated heterocycles. The molecule has 2 atom stereocenters. The van der Waals surface area contributed by atoms with Crippen molar-refractivity contribution in [1.82, 2.24) is 9.88 Å². The molecule has 2 unspecified atom stereocenters. The Bertz CT molecular complexity index is 486. The molecular formula is C13H13FN2O. The molecule has 0 spiro atoms. The minimum atomic E-state index is -0.536. The Morgan fingerprint density at radius 2 is 2.35 bits per heavy atom. The fourth-order valence-electron chi connectivity index (χ4n) is 2.73. The Labute approximate surface area is 99.0 Å². The van der Waals surface area contributed by atoms with E-state index >= 15 is 0 Å². The van der Waals surface area contributed by atoms with Crippen molar-refractivity contribution >= 4 is 5.91 Å². The maximum Gasteiger partial charge on any atom is 0.257 e. The molecule has 3 rings (SSSR count). The first-order valence-electron chi connectivity index (χ1n) is 5.86. The topological polar surface area (TPSA) is 33.2 Å². The Morgan fingerprint density at radius 3 is 3.12 bits per heavy atom. The van der Waals surface area contributed by atoms with Gasteiger partial charge in [0.1, 0.15) is 0 Å². The number of amides is 1. The second-order valence-electron chi connectivity index (χ2n) is 4.53. The van der Waals surface area contributed by atoms with Crippen LogP contribution in [0.25, 0.3) is 0 Å². The lowest BCUT2D eigenvalue weighted by Crippen LogP contribution is -2.42. The summed E-state index contributed by atoms with van der Waals surface area (Å²) in [7, 11) is 0. The van der Waals surface area contributed by atoms with Gasteiger partial charge < -0.3 is 4.90 Å². The SMILES string of the molecule is O=C(c1ccncc1F)N1C2C=CCC1CC2. The van der Waals surface area contributed by atoms with Crippen LogP contribution in [0.4, 0.5) is 4.39 Å². The van der Waals surface area contributed by atoms with Gasteiger partial charge in [0.05, 0.1) is 17.8 Å².